The Hall–Kier alpha value is -3.10. The third-order valence-electron chi connectivity index (χ3n) is 6.26. The molecule has 0 saturated carbocycles. The molecule has 6 rings (SSSR count). The summed E-state index contributed by atoms with van der Waals surface area (Å²) < 4.78 is 22.8. The first-order chi connectivity index (χ1) is 16.6. The largest absolute Gasteiger partial charge is 0.443 e. The van der Waals surface area contributed by atoms with Gasteiger partial charge in [-0.05, 0) is 47.9 Å². The number of thioether (sulfide) groups is 1. The van der Waals surface area contributed by atoms with Gasteiger partial charge in [0.1, 0.15) is 11.9 Å². The summed E-state index contributed by atoms with van der Waals surface area (Å²) in [6.07, 6.45) is 0.184. The van der Waals surface area contributed by atoms with Crippen molar-refractivity contribution in [2.75, 3.05) is 28.6 Å². The van der Waals surface area contributed by atoms with Crippen molar-refractivity contribution in [3.05, 3.63) is 83.7 Å². The molecule has 0 unspecified atom stereocenters. The number of aromatic nitrogens is 1. The monoisotopic (exact) mass is 491 g/mol. The number of amides is 1. The van der Waals surface area contributed by atoms with Gasteiger partial charge in [0.2, 0.25) is 0 Å². The molecular formula is C26H22FN3O2S2. The second-order valence-electron chi connectivity index (χ2n) is 8.45. The Kier molecular flexibility index (Phi) is 5.63. The van der Waals surface area contributed by atoms with Gasteiger partial charge < -0.3 is 9.64 Å². The van der Waals surface area contributed by atoms with E-state index in [1.807, 2.05) is 36.4 Å². The highest BCUT2D eigenvalue weighted by Gasteiger charge is 2.33. The minimum Gasteiger partial charge on any atom is -0.443 e. The summed E-state index contributed by atoms with van der Waals surface area (Å²) in [6.45, 7) is 1.85. The van der Waals surface area contributed by atoms with Gasteiger partial charge in [0.15, 0.2) is 4.34 Å². The molecule has 0 radical (unpaired) electrons. The first-order valence-electron chi connectivity index (χ1n) is 11.2. The van der Waals surface area contributed by atoms with Gasteiger partial charge in [-0.25, -0.2) is 14.2 Å². The van der Waals surface area contributed by atoms with Crippen molar-refractivity contribution in [2.24, 2.45) is 0 Å². The molecule has 2 aliphatic heterocycles. The third kappa shape index (κ3) is 4.12. The van der Waals surface area contributed by atoms with E-state index in [0.29, 0.717) is 30.2 Å². The van der Waals surface area contributed by atoms with E-state index in [9.17, 15) is 4.79 Å². The number of cyclic esters (lactones) is 1. The average Bonchev–Trinajstić information content (AvgIpc) is 3.45. The average molecular weight is 492 g/mol. The summed E-state index contributed by atoms with van der Waals surface area (Å²) in [4.78, 5) is 20.7. The van der Waals surface area contributed by atoms with E-state index < -0.39 is 6.09 Å². The Morgan fingerprint density at radius 3 is 2.76 bits per heavy atom. The van der Waals surface area contributed by atoms with Gasteiger partial charge in [0.05, 0.1) is 28.1 Å². The summed E-state index contributed by atoms with van der Waals surface area (Å²) in [7, 11) is 0. The molecule has 3 heterocycles. The number of carbonyl (C=O) groups is 1. The van der Waals surface area contributed by atoms with Crippen LogP contribution in [0.3, 0.4) is 0 Å². The Morgan fingerprint density at radius 2 is 1.91 bits per heavy atom. The highest BCUT2D eigenvalue weighted by Crippen LogP contribution is 2.33. The summed E-state index contributed by atoms with van der Waals surface area (Å²) in [6, 6.07) is 21.3. The van der Waals surface area contributed by atoms with Crippen LogP contribution in [0.5, 0.6) is 0 Å². The Balaban J connectivity index is 1.12. The molecule has 1 amide bonds. The van der Waals surface area contributed by atoms with E-state index >= 15 is 4.39 Å². The molecule has 0 bridgehead atoms. The number of thiazole rings is 1. The van der Waals surface area contributed by atoms with Crippen molar-refractivity contribution in [1.29, 1.82) is 0 Å². The van der Waals surface area contributed by atoms with Crippen LogP contribution in [0.1, 0.15) is 11.1 Å². The van der Waals surface area contributed by atoms with Crippen molar-refractivity contribution in [2.45, 2.75) is 23.4 Å². The van der Waals surface area contributed by atoms with Gasteiger partial charge in [-0.15, -0.1) is 11.3 Å². The molecule has 2 aliphatic rings. The zero-order valence-electron chi connectivity index (χ0n) is 18.3. The number of para-hydroxylation sites is 1. The van der Waals surface area contributed by atoms with Crippen LogP contribution < -0.4 is 9.80 Å². The molecule has 0 aliphatic carbocycles. The molecule has 8 heteroatoms. The number of carbonyl (C=O) groups excluding carboxylic acids is 1. The third-order valence-corrected chi connectivity index (χ3v) is 8.57. The van der Waals surface area contributed by atoms with E-state index in [4.69, 9.17) is 4.74 Å². The van der Waals surface area contributed by atoms with Crippen LogP contribution in [0.2, 0.25) is 0 Å². The zero-order valence-corrected chi connectivity index (χ0v) is 19.9. The van der Waals surface area contributed by atoms with Gasteiger partial charge in [0, 0.05) is 18.8 Å². The fourth-order valence-electron chi connectivity index (χ4n) is 4.52. The summed E-state index contributed by atoms with van der Waals surface area (Å²) in [5.41, 5.74) is 4.62. The number of hydrogen-bond acceptors (Lipinski definition) is 6. The number of benzene rings is 3. The van der Waals surface area contributed by atoms with Gasteiger partial charge in [0.25, 0.3) is 0 Å². The van der Waals surface area contributed by atoms with Crippen LogP contribution in [0.4, 0.5) is 20.6 Å². The van der Waals surface area contributed by atoms with Gasteiger partial charge in [-0.2, -0.15) is 0 Å². The maximum Gasteiger partial charge on any atom is 0.414 e. The fraction of sp³-hybridized carbons (Fsp3) is 0.231. The highest BCUT2D eigenvalue weighted by molar-refractivity contribution is 8.01. The first kappa shape index (κ1) is 21.4. The molecule has 3 aromatic carbocycles. The lowest BCUT2D eigenvalue weighted by atomic mass is 9.99. The van der Waals surface area contributed by atoms with E-state index in [2.05, 4.69) is 28.1 Å². The smallest absolute Gasteiger partial charge is 0.414 e. The lowest BCUT2D eigenvalue weighted by molar-refractivity contribution is 0.151. The van der Waals surface area contributed by atoms with Crippen molar-refractivity contribution >= 4 is 50.8 Å². The topological polar surface area (TPSA) is 45.7 Å². The minimum atomic E-state index is -0.436. The number of hydrogen-bond donors (Lipinski definition) is 0. The quantitative estimate of drug-likeness (QED) is 0.315. The van der Waals surface area contributed by atoms with Crippen LogP contribution in [0.25, 0.3) is 10.2 Å². The summed E-state index contributed by atoms with van der Waals surface area (Å²) in [5, 5.41) is 0. The first-order valence-corrected chi connectivity index (χ1v) is 13.0. The van der Waals surface area contributed by atoms with Crippen LogP contribution in [-0.4, -0.2) is 36.0 Å². The van der Waals surface area contributed by atoms with E-state index in [1.54, 1.807) is 29.2 Å². The number of nitrogens with zero attached hydrogens (tertiary/aromatic N) is 3. The second-order valence-corrected chi connectivity index (χ2v) is 10.7. The Morgan fingerprint density at radius 1 is 1.09 bits per heavy atom. The maximum absolute atomic E-state index is 15.1. The number of halogens is 1. The molecule has 1 fully saturated rings. The lowest BCUT2D eigenvalue weighted by Crippen LogP contribution is -2.31. The predicted octanol–water partition coefficient (Wildman–Crippen LogP) is 6.12. The SMILES string of the molecule is O=C1O[C@@H](CSc2nc3ccccc3s2)CN1c1ccc(N2CCc3ccccc3C2)c(F)c1. The number of rotatable bonds is 5. The van der Waals surface area contributed by atoms with Crippen molar-refractivity contribution in [3.63, 3.8) is 0 Å². The molecular weight excluding hydrogens is 469 g/mol. The molecule has 0 N–H and O–H groups in total. The summed E-state index contributed by atoms with van der Waals surface area (Å²) in [5.74, 6) is 0.285. The van der Waals surface area contributed by atoms with Crippen LogP contribution >= 0.6 is 23.1 Å². The Bertz CT molecular complexity index is 1340. The Labute approximate surface area is 205 Å². The molecule has 1 saturated heterocycles. The normalized spacial score (nSPS) is 17.8. The van der Waals surface area contributed by atoms with Gasteiger partial charge in [-0.1, -0.05) is 48.2 Å². The summed E-state index contributed by atoms with van der Waals surface area (Å²) >= 11 is 3.22. The maximum atomic E-state index is 15.1. The van der Waals surface area contributed by atoms with Crippen LogP contribution in [0, 0.1) is 5.82 Å². The molecule has 0 spiro atoms. The fourth-order valence-corrected chi connectivity index (χ4v) is 6.59. The number of anilines is 2. The van der Waals surface area contributed by atoms with Gasteiger partial charge in [-0.3, -0.25) is 4.90 Å². The van der Waals surface area contributed by atoms with E-state index in [1.165, 1.54) is 22.1 Å². The molecule has 1 aromatic heterocycles. The van der Waals surface area contributed by atoms with E-state index in [0.717, 1.165) is 27.5 Å². The highest BCUT2D eigenvalue weighted by atomic mass is 32.2. The zero-order chi connectivity index (χ0) is 23.1. The molecule has 4 aromatic rings. The van der Waals surface area contributed by atoms with Crippen LogP contribution in [-0.2, 0) is 17.7 Å². The number of ether oxygens (including phenoxy) is 1. The molecule has 34 heavy (non-hydrogen) atoms. The van der Waals surface area contributed by atoms with E-state index in [-0.39, 0.29) is 11.9 Å². The van der Waals surface area contributed by atoms with Crippen LogP contribution in [0.15, 0.2) is 71.1 Å². The predicted molar refractivity (Wildman–Crippen MR) is 136 cm³/mol. The van der Waals surface area contributed by atoms with Crippen molar-refractivity contribution in [1.82, 2.24) is 4.98 Å². The van der Waals surface area contributed by atoms with Gasteiger partial charge >= 0.3 is 6.09 Å². The second kappa shape index (κ2) is 8.92. The molecule has 172 valence electrons. The van der Waals surface area contributed by atoms with Crippen molar-refractivity contribution < 1.29 is 13.9 Å². The standard InChI is InChI=1S/C26H22FN3O2S2/c27-21-13-19(9-10-23(21)29-12-11-17-5-1-2-6-18(17)14-29)30-15-20(32-26(30)31)16-33-25-28-22-7-3-4-8-24(22)34-25/h1-10,13,20H,11-12,14-16H2/t20-/m1/s1. The van der Waals surface area contributed by atoms with Crippen molar-refractivity contribution in [3.8, 4) is 0 Å². The molecule has 1 atom stereocenters. The minimum absolute atomic E-state index is 0.272. The molecule has 5 nitrogen and oxygen atoms in total. The lowest BCUT2D eigenvalue weighted by Gasteiger charge is -2.31. The number of fused-ring (bicyclic) bond motifs is 2.